The number of aromatic hydroxyl groups is 1. The minimum absolute atomic E-state index is 0.00917. The lowest BCUT2D eigenvalue weighted by Gasteiger charge is -2.64. The van der Waals surface area contributed by atoms with Crippen LogP contribution in [0.15, 0.2) is 36.4 Å². The van der Waals surface area contributed by atoms with Crippen LogP contribution in [0.4, 0.5) is 0 Å². The summed E-state index contributed by atoms with van der Waals surface area (Å²) < 4.78 is 6.50. The molecule has 1 unspecified atom stereocenters. The number of hydrogen-bond acceptors (Lipinski definition) is 6. The maximum Gasteiger partial charge on any atom is 0.251 e. The summed E-state index contributed by atoms with van der Waals surface area (Å²) in [7, 11) is 0. The molecule has 7 rings (SSSR count). The monoisotopic (exact) mass is 471 g/mol. The third-order valence-corrected chi connectivity index (χ3v) is 9.33. The molecule has 2 aromatic carbocycles. The van der Waals surface area contributed by atoms with E-state index in [1.807, 2.05) is 6.07 Å². The van der Waals surface area contributed by atoms with Crippen molar-refractivity contribution in [3.63, 3.8) is 0 Å². The highest BCUT2D eigenvalue weighted by molar-refractivity contribution is 5.94. The predicted octanol–water partition coefficient (Wildman–Crippen LogP) is 2.63. The van der Waals surface area contributed by atoms with Crippen molar-refractivity contribution >= 4 is 5.91 Å². The molecule has 3 N–H and O–H groups in total. The van der Waals surface area contributed by atoms with Crippen molar-refractivity contribution in [3.05, 3.63) is 58.7 Å². The molecular weight excluding hydrogens is 442 g/mol. The van der Waals surface area contributed by atoms with Gasteiger partial charge in [0.15, 0.2) is 11.5 Å². The number of carbonyl (C=O) groups excluding carboxylic acids is 1. The number of hydrogen-bond donors (Lipinski definition) is 3. The number of amides is 1. The van der Waals surface area contributed by atoms with Crippen molar-refractivity contribution in [3.8, 4) is 17.6 Å². The molecule has 2 heterocycles. The molecule has 5 aliphatic rings. The van der Waals surface area contributed by atoms with E-state index in [9.17, 15) is 20.3 Å². The molecule has 2 bridgehead atoms. The van der Waals surface area contributed by atoms with E-state index < -0.39 is 17.1 Å². The van der Waals surface area contributed by atoms with Crippen LogP contribution < -0.4 is 10.1 Å². The fourth-order valence-electron chi connectivity index (χ4n) is 7.61. The van der Waals surface area contributed by atoms with Gasteiger partial charge in [0.2, 0.25) is 0 Å². The summed E-state index contributed by atoms with van der Waals surface area (Å²) in [6, 6.07) is 12.1. The Hall–Kier alpha value is -3.08. The average molecular weight is 472 g/mol. The van der Waals surface area contributed by atoms with Gasteiger partial charge in [0.1, 0.15) is 6.10 Å². The van der Waals surface area contributed by atoms with Gasteiger partial charge in [0.05, 0.1) is 28.7 Å². The van der Waals surface area contributed by atoms with Gasteiger partial charge in [-0.15, -0.1) is 0 Å². The maximum atomic E-state index is 13.2. The van der Waals surface area contributed by atoms with Gasteiger partial charge in [-0.3, -0.25) is 9.69 Å². The van der Waals surface area contributed by atoms with Crippen molar-refractivity contribution in [2.45, 2.75) is 67.7 Å². The second-order valence-electron chi connectivity index (χ2n) is 11.1. The molecule has 2 aliphatic heterocycles. The van der Waals surface area contributed by atoms with E-state index in [2.05, 4.69) is 16.3 Å². The first-order valence-corrected chi connectivity index (χ1v) is 12.7. The lowest BCUT2D eigenvalue weighted by Crippen LogP contribution is -2.78. The molecule has 1 spiro atoms. The van der Waals surface area contributed by atoms with Gasteiger partial charge in [-0.05, 0) is 80.8 Å². The number of phenolic OH excluding ortho intramolecular Hbond substituents is 1. The lowest BCUT2D eigenvalue weighted by atomic mass is 9.48. The van der Waals surface area contributed by atoms with Crippen molar-refractivity contribution in [1.82, 2.24) is 10.2 Å². The standard InChI is InChI=1S/C28H29N3O4/c29-14-17-2-1-3-19(12-17)26(33)30-20-8-9-28(34)22-13-18-6-7-21(32)24-23(18)27(28,25(20)35-24)10-11-31(22)15-16-4-5-16/h1-3,6-7,12,16,20,22,25,32,34H,4-5,8-11,13,15H2,(H,30,33)/t20-,22-,25+,27?,28-/m1/s1. The third-order valence-electron chi connectivity index (χ3n) is 9.33. The van der Waals surface area contributed by atoms with Crippen LogP contribution >= 0.6 is 0 Å². The minimum atomic E-state index is -0.973. The first kappa shape index (κ1) is 21.2. The molecule has 0 aromatic heterocycles. The fraction of sp³-hybridized carbons (Fsp3) is 0.500. The molecule has 5 atom stereocenters. The summed E-state index contributed by atoms with van der Waals surface area (Å²) in [5, 5.41) is 35.6. The average Bonchev–Trinajstić information content (AvgIpc) is 3.61. The van der Waals surface area contributed by atoms with Crippen molar-refractivity contribution in [2.24, 2.45) is 5.92 Å². The van der Waals surface area contributed by atoms with Crippen LogP contribution in [0.5, 0.6) is 11.5 Å². The number of aliphatic hydroxyl groups is 1. The number of ether oxygens (including phenoxy) is 1. The number of rotatable bonds is 4. The molecule has 3 aliphatic carbocycles. The second-order valence-corrected chi connectivity index (χ2v) is 11.1. The molecular formula is C28H29N3O4. The number of nitriles is 1. The first-order chi connectivity index (χ1) is 16.9. The van der Waals surface area contributed by atoms with E-state index in [1.54, 1.807) is 30.3 Å². The molecule has 180 valence electrons. The lowest BCUT2D eigenvalue weighted by molar-refractivity contribution is -0.191. The van der Waals surface area contributed by atoms with E-state index in [1.165, 1.54) is 12.8 Å². The highest BCUT2D eigenvalue weighted by Gasteiger charge is 2.73. The largest absolute Gasteiger partial charge is 0.504 e. The minimum Gasteiger partial charge on any atom is -0.504 e. The van der Waals surface area contributed by atoms with Crippen LogP contribution in [0, 0.1) is 17.2 Å². The van der Waals surface area contributed by atoms with Crippen LogP contribution in [0.1, 0.15) is 59.2 Å². The molecule has 7 nitrogen and oxygen atoms in total. The van der Waals surface area contributed by atoms with Gasteiger partial charge in [0, 0.05) is 23.7 Å². The Morgan fingerprint density at radius 3 is 2.89 bits per heavy atom. The van der Waals surface area contributed by atoms with Gasteiger partial charge in [0.25, 0.3) is 5.91 Å². The summed E-state index contributed by atoms with van der Waals surface area (Å²) in [6.07, 6.45) is 4.72. The van der Waals surface area contributed by atoms with E-state index in [-0.39, 0.29) is 23.7 Å². The number of phenols is 1. The Labute approximate surface area is 204 Å². The van der Waals surface area contributed by atoms with Crippen LogP contribution in [0.2, 0.25) is 0 Å². The zero-order valence-corrected chi connectivity index (χ0v) is 19.5. The summed E-state index contributed by atoms with van der Waals surface area (Å²) in [6.45, 7) is 1.91. The Kier molecular flexibility index (Phi) is 4.38. The van der Waals surface area contributed by atoms with E-state index in [4.69, 9.17) is 4.74 Å². The van der Waals surface area contributed by atoms with Crippen LogP contribution in [-0.4, -0.2) is 57.9 Å². The Morgan fingerprint density at radius 2 is 2.09 bits per heavy atom. The zero-order chi connectivity index (χ0) is 23.9. The number of piperidine rings is 1. The first-order valence-electron chi connectivity index (χ1n) is 12.7. The van der Waals surface area contributed by atoms with Crippen LogP contribution in [0.25, 0.3) is 0 Å². The van der Waals surface area contributed by atoms with Crippen LogP contribution in [0.3, 0.4) is 0 Å². The number of nitrogens with zero attached hydrogens (tertiary/aromatic N) is 2. The Balaban J connectivity index is 1.28. The van der Waals surface area contributed by atoms with E-state index in [0.29, 0.717) is 29.7 Å². The summed E-state index contributed by atoms with van der Waals surface area (Å²) in [4.78, 5) is 15.7. The molecule has 3 fully saturated rings. The summed E-state index contributed by atoms with van der Waals surface area (Å²) >= 11 is 0. The van der Waals surface area contributed by atoms with Crippen molar-refractivity contribution in [1.29, 1.82) is 5.26 Å². The summed E-state index contributed by atoms with van der Waals surface area (Å²) in [5.74, 6) is 1.06. The quantitative estimate of drug-likeness (QED) is 0.633. The maximum absolute atomic E-state index is 13.2. The van der Waals surface area contributed by atoms with Crippen LogP contribution in [-0.2, 0) is 11.8 Å². The van der Waals surface area contributed by atoms with Gasteiger partial charge in [-0.25, -0.2) is 0 Å². The highest BCUT2D eigenvalue weighted by Crippen LogP contribution is 2.65. The zero-order valence-electron chi connectivity index (χ0n) is 19.5. The molecule has 7 heteroatoms. The smallest absolute Gasteiger partial charge is 0.251 e. The molecule has 2 aromatic rings. The molecule has 2 saturated carbocycles. The highest BCUT2D eigenvalue weighted by atomic mass is 16.5. The number of carbonyl (C=O) groups is 1. The number of likely N-dealkylation sites (tertiary alicyclic amines) is 1. The fourth-order valence-corrected chi connectivity index (χ4v) is 7.61. The van der Waals surface area contributed by atoms with Gasteiger partial charge in [-0.2, -0.15) is 5.26 Å². The Bertz CT molecular complexity index is 1280. The molecule has 35 heavy (non-hydrogen) atoms. The van der Waals surface area contributed by atoms with Crippen molar-refractivity contribution < 1.29 is 19.7 Å². The van der Waals surface area contributed by atoms with E-state index in [0.717, 1.165) is 43.0 Å². The normalized spacial score (nSPS) is 34.5. The van der Waals surface area contributed by atoms with Gasteiger partial charge in [-0.1, -0.05) is 12.1 Å². The Morgan fingerprint density at radius 1 is 1.23 bits per heavy atom. The SMILES string of the molecule is N#Cc1cccc(C(=O)N[C@@H]2CC[C@@]3(O)[C@H]4Cc5ccc(O)c6c5C3(CCN4CC3CC3)[C@H]2O6)c1. The van der Waals surface area contributed by atoms with Gasteiger partial charge >= 0.3 is 0 Å². The topological polar surface area (TPSA) is 106 Å². The van der Waals surface area contributed by atoms with Gasteiger partial charge < -0.3 is 20.3 Å². The number of benzene rings is 2. The second kappa shape index (κ2) is 7.22. The summed E-state index contributed by atoms with van der Waals surface area (Å²) in [5.41, 5.74) is 1.33. The molecule has 1 saturated heterocycles. The third kappa shape index (κ3) is 2.81. The predicted molar refractivity (Wildman–Crippen MR) is 127 cm³/mol. The molecule has 1 amide bonds. The van der Waals surface area contributed by atoms with E-state index >= 15 is 0 Å². The number of nitrogens with one attached hydrogen (secondary N) is 1. The molecule has 0 radical (unpaired) electrons. The van der Waals surface area contributed by atoms with Crippen molar-refractivity contribution in [2.75, 3.05) is 13.1 Å².